The Bertz CT molecular complexity index is 4470. The first kappa shape index (κ1) is 41.8. The van der Waals surface area contributed by atoms with Crippen molar-refractivity contribution in [2.24, 2.45) is 0 Å². The molecule has 2 heterocycles. The largest absolute Gasteiger partial charge is 0.309 e. The Hall–Kier alpha value is -10.0. The number of para-hydroxylation sites is 2. The van der Waals surface area contributed by atoms with E-state index < -0.39 is 10.8 Å². The van der Waals surface area contributed by atoms with Gasteiger partial charge in [-0.25, -0.2) is 0 Å². The molecule has 0 saturated heterocycles. The Balaban J connectivity index is 1.02. The Morgan fingerprint density at radius 3 is 1.14 bits per heavy atom. The lowest BCUT2D eigenvalue weighted by Gasteiger charge is -2.34. The Labute approximate surface area is 428 Å². The average molecular weight is 939 g/mol. The van der Waals surface area contributed by atoms with Gasteiger partial charge in [0.15, 0.2) is 0 Å². The maximum Gasteiger partial charge on any atom is 0.103 e. The predicted octanol–water partition coefficient (Wildman–Crippen LogP) is 16.4. The quantitative estimate of drug-likeness (QED) is 0.167. The van der Waals surface area contributed by atoms with Crippen LogP contribution >= 0.6 is 0 Å². The van der Waals surface area contributed by atoms with E-state index in [-0.39, 0.29) is 0 Å². The fourth-order valence-electron chi connectivity index (χ4n) is 13.5. The van der Waals surface area contributed by atoms with Gasteiger partial charge in [0.1, 0.15) is 12.1 Å². The van der Waals surface area contributed by atoms with E-state index >= 15 is 0 Å². The molecule has 2 aromatic heterocycles. The molecule has 0 unspecified atom stereocenters. The van der Waals surface area contributed by atoms with Crippen molar-refractivity contribution in [3.63, 3.8) is 0 Å². The molecule has 15 rings (SSSR count). The normalized spacial score (nSPS) is 13.6. The highest BCUT2D eigenvalue weighted by Gasteiger charge is 2.48. The number of nitriles is 2. The van der Waals surface area contributed by atoms with Crippen LogP contribution in [0.25, 0.3) is 77.2 Å². The van der Waals surface area contributed by atoms with Crippen LogP contribution in [0, 0.1) is 22.7 Å². The summed E-state index contributed by atoms with van der Waals surface area (Å²) >= 11 is 0. The van der Waals surface area contributed by atoms with E-state index in [0.717, 1.165) is 60.4 Å². The van der Waals surface area contributed by atoms with Crippen molar-refractivity contribution in [3.05, 3.63) is 310 Å². The van der Waals surface area contributed by atoms with Crippen LogP contribution in [0.2, 0.25) is 0 Å². The molecule has 4 heteroatoms. The molecule has 342 valence electrons. The molecule has 0 bridgehead atoms. The highest BCUT2D eigenvalue weighted by atomic mass is 15.0. The van der Waals surface area contributed by atoms with Gasteiger partial charge in [0.25, 0.3) is 0 Å². The first-order chi connectivity index (χ1) is 36.6. The van der Waals surface area contributed by atoms with Gasteiger partial charge in [-0.2, -0.15) is 10.5 Å². The van der Waals surface area contributed by atoms with E-state index in [9.17, 15) is 10.5 Å². The highest BCUT2D eigenvalue weighted by molar-refractivity contribution is 6.14. The molecular weight excluding hydrogens is 897 g/mol. The number of benzene rings is 11. The van der Waals surface area contributed by atoms with Crippen LogP contribution in [0.15, 0.2) is 255 Å². The summed E-state index contributed by atoms with van der Waals surface area (Å²) in [6.45, 7) is 0. The molecule has 4 nitrogen and oxygen atoms in total. The number of rotatable bonds is 6. The summed E-state index contributed by atoms with van der Waals surface area (Å²) in [6.07, 6.45) is 0. The van der Waals surface area contributed by atoms with E-state index in [4.69, 9.17) is 0 Å². The van der Waals surface area contributed by atoms with Gasteiger partial charge in [0.05, 0.1) is 49.7 Å². The molecular formula is C70H42N4. The molecule has 0 aliphatic heterocycles. The van der Waals surface area contributed by atoms with Gasteiger partial charge in [0.2, 0.25) is 0 Å². The molecule has 0 amide bonds. The average Bonchev–Trinajstić information content (AvgIpc) is 4.18. The number of hydrogen-bond donors (Lipinski definition) is 0. The molecule has 0 radical (unpaired) electrons. The van der Waals surface area contributed by atoms with Crippen molar-refractivity contribution in [2.75, 3.05) is 0 Å². The maximum atomic E-state index is 11.3. The predicted molar refractivity (Wildman–Crippen MR) is 299 cm³/mol. The van der Waals surface area contributed by atoms with Crippen molar-refractivity contribution >= 4 is 43.6 Å². The van der Waals surface area contributed by atoms with Crippen LogP contribution in [-0.4, -0.2) is 9.13 Å². The van der Waals surface area contributed by atoms with Crippen molar-refractivity contribution in [3.8, 4) is 45.8 Å². The van der Waals surface area contributed by atoms with Crippen LogP contribution in [0.1, 0.15) is 55.6 Å². The standard InChI is InChI=1S/C70H42N4/c71-43-45-37-50(73-64-35-19-15-31-53(64)57-39-62-55(41-67(57)73)51-29-13-17-33-60(51)69(62,46-21-5-1-6-22-46)47-23-7-2-8-24-47)38-66(59(45)44-72)74-65-36-20-16-32-54(65)58-40-63-56(42-68(58)74)52-30-14-18-34-61(52)70(63,48-25-9-3-10-26-48)49-27-11-4-12-28-49/h1-42H. The van der Waals surface area contributed by atoms with E-state index in [0.29, 0.717) is 16.8 Å². The smallest absolute Gasteiger partial charge is 0.103 e. The molecule has 2 aliphatic carbocycles. The van der Waals surface area contributed by atoms with E-state index in [2.05, 4.69) is 270 Å². The lowest BCUT2D eigenvalue weighted by molar-refractivity contribution is 0.769. The first-order valence-electron chi connectivity index (χ1n) is 25.2. The third-order valence-electron chi connectivity index (χ3n) is 16.3. The first-order valence-corrected chi connectivity index (χ1v) is 25.2. The van der Waals surface area contributed by atoms with E-state index in [1.54, 1.807) is 0 Å². The van der Waals surface area contributed by atoms with Gasteiger partial charge in [-0.1, -0.05) is 206 Å². The highest BCUT2D eigenvalue weighted by Crippen LogP contribution is 2.59. The van der Waals surface area contributed by atoms with Crippen LogP contribution in [0.5, 0.6) is 0 Å². The minimum absolute atomic E-state index is 0.314. The molecule has 13 aromatic rings. The molecule has 0 fully saturated rings. The molecule has 2 aliphatic rings. The molecule has 0 spiro atoms. The monoisotopic (exact) mass is 938 g/mol. The fourth-order valence-corrected chi connectivity index (χ4v) is 13.5. The minimum atomic E-state index is -0.587. The van der Waals surface area contributed by atoms with Crippen LogP contribution in [0.4, 0.5) is 0 Å². The van der Waals surface area contributed by atoms with Crippen LogP contribution < -0.4 is 0 Å². The number of aromatic nitrogens is 2. The van der Waals surface area contributed by atoms with Crippen molar-refractivity contribution < 1.29 is 0 Å². The zero-order valence-corrected chi connectivity index (χ0v) is 40.0. The van der Waals surface area contributed by atoms with Gasteiger partial charge in [-0.05, 0) is 115 Å². The summed E-state index contributed by atoms with van der Waals surface area (Å²) < 4.78 is 4.54. The summed E-state index contributed by atoms with van der Waals surface area (Å²) in [7, 11) is 0. The summed E-state index contributed by atoms with van der Waals surface area (Å²) in [5.41, 5.74) is 19.3. The van der Waals surface area contributed by atoms with Gasteiger partial charge < -0.3 is 9.13 Å². The van der Waals surface area contributed by atoms with Crippen molar-refractivity contribution in [1.82, 2.24) is 9.13 Å². The topological polar surface area (TPSA) is 57.4 Å². The Kier molecular flexibility index (Phi) is 8.89. The SMILES string of the molecule is N#Cc1cc(-n2c3ccccc3c3cc4c(cc32)-c2ccccc2C4(c2ccccc2)c2ccccc2)cc(-n2c3ccccc3c3cc4c(cc32)-c2ccccc2C4(c2ccccc2)c2ccccc2)c1C#N. The number of fused-ring (bicyclic) bond motifs is 12. The van der Waals surface area contributed by atoms with Crippen molar-refractivity contribution in [1.29, 1.82) is 10.5 Å². The summed E-state index contributed by atoms with van der Waals surface area (Å²) in [5, 5.41) is 26.8. The zero-order chi connectivity index (χ0) is 49.1. The van der Waals surface area contributed by atoms with Gasteiger partial charge in [-0.15, -0.1) is 0 Å². The van der Waals surface area contributed by atoms with Crippen LogP contribution in [0.3, 0.4) is 0 Å². The Morgan fingerprint density at radius 1 is 0.297 bits per heavy atom. The molecule has 74 heavy (non-hydrogen) atoms. The second kappa shape index (κ2) is 15.8. The van der Waals surface area contributed by atoms with Gasteiger partial charge in [0, 0.05) is 27.2 Å². The lowest BCUT2D eigenvalue weighted by atomic mass is 9.67. The summed E-state index contributed by atoms with van der Waals surface area (Å²) in [5.74, 6) is 0. The second-order valence-corrected chi connectivity index (χ2v) is 19.7. The summed E-state index contributed by atoms with van der Waals surface area (Å²) in [4.78, 5) is 0. The lowest BCUT2D eigenvalue weighted by Crippen LogP contribution is -2.28. The van der Waals surface area contributed by atoms with Crippen LogP contribution in [-0.2, 0) is 10.8 Å². The molecule has 0 atom stereocenters. The Morgan fingerprint density at radius 2 is 0.689 bits per heavy atom. The van der Waals surface area contributed by atoms with Crippen molar-refractivity contribution in [2.45, 2.75) is 10.8 Å². The third kappa shape index (κ3) is 5.44. The van der Waals surface area contributed by atoms with E-state index in [1.165, 1.54) is 55.6 Å². The maximum absolute atomic E-state index is 11.3. The van der Waals surface area contributed by atoms with Gasteiger partial charge >= 0.3 is 0 Å². The summed E-state index contributed by atoms with van der Waals surface area (Å²) in [6, 6.07) is 96.9. The fraction of sp³-hybridized carbons (Fsp3) is 0.0286. The minimum Gasteiger partial charge on any atom is -0.309 e. The second-order valence-electron chi connectivity index (χ2n) is 19.7. The van der Waals surface area contributed by atoms with Gasteiger partial charge in [-0.3, -0.25) is 0 Å². The number of hydrogen-bond acceptors (Lipinski definition) is 2. The zero-order valence-electron chi connectivity index (χ0n) is 40.0. The molecule has 11 aromatic carbocycles. The number of nitrogens with zero attached hydrogens (tertiary/aromatic N) is 4. The molecule has 0 N–H and O–H groups in total. The molecule has 0 saturated carbocycles. The van der Waals surface area contributed by atoms with E-state index in [1.807, 2.05) is 6.07 Å². The third-order valence-corrected chi connectivity index (χ3v) is 16.3.